The third-order valence-corrected chi connectivity index (χ3v) is 4.47. The number of rotatable bonds is 5. The normalized spacial score (nSPS) is 12.3. The summed E-state index contributed by atoms with van der Waals surface area (Å²) in [5, 5.41) is 12.2. The Hall–Kier alpha value is -1.59. The lowest BCUT2D eigenvalue weighted by atomic mass is 10.1. The molecule has 3 rings (SSSR count). The van der Waals surface area contributed by atoms with Gasteiger partial charge in [-0.15, -0.1) is 10.2 Å². The monoisotopic (exact) mass is 382 g/mol. The summed E-state index contributed by atoms with van der Waals surface area (Å²) in [4.78, 5) is 0. The zero-order valence-corrected chi connectivity index (χ0v) is 15.1. The molecule has 2 N–H and O–H groups in total. The average Bonchev–Trinajstić information content (AvgIpc) is 3.02. The van der Waals surface area contributed by atoms with Gasteiger partial charge in [0.2, 0.25) is 5.89 Å². The second-order valence-electron chi connectivity index (χ2n) is 5.40. The van der Waals surface area contributed by atoms with E-state index in [1.807, 2.05) is 24.3 Å². The Morgan fingerprint density at radius 1 is 1.00 bits per heavy atom. The van der Waals surface area contributed by atoms with E-state index in [1.165, 1.54) is 0 Å². The van der Waals surface area contributed by atoms with E-state index >= 15 is 0 Å². The fourth-order valence-corrected chi connectivity index (χ4v) is 3.03. The molecule has 0 fully saturated rings. The second-order valence-corrected chi connectivity index (χ2v) is 6.68. The molecule has 0 aliphatic rings. The summed E-state index contributed by atoms with van der Waals surface area (Å²) < 4.78 is 5.69. The SMILES string of the molecule is C[C@@H]([NH2+]Cc1nnc(-c2ccc(Cl)cc2)o1)c1ccc(Cl)cc1Cl. The molecule has 2 aromatic carbocycles. The van der Waals surface area contributed by atoms with E-state index < -0.39 is 0 Å². The van der Waals surface area contributed by atoms with Gasteiger partial charge in [0.25, 0.3) is 5.89 Å². The zero-order chi connectivity index (χ0) is 17.1. The third kappa shape index (κ3) is 4.08. The van der Waals surface area contributed by atoms with Crippen LogP contribution in [0, 0.1) is 0 Å². The Balaban J connectivity index is 1.65. The maximum absolute atomic E-state index is 6.24. The minimum absolute atomic E-state index is 0.139. The van der Waals surface area contributed by atoms with Gasteiger partial charge in [0.1, 0.15) is 6.04 Å². The molecule has 1 atom stereocenters. The quantitative estimate of drug-likeness (QED) is 0.704. The van der Waals surface area contributed by atoms with Gasteiger partial charge >= 0.3 is 0 Å². The van der Waals surface area contributed by atoms with Crippen LogP contribution in [0.15, 0.2) is 46.9 Å². The second kappa shape index (κ2) is 7.53. The third-order valence-electron chi connectivity index (χ3n) is 3.66. The molecular formula is C17H15Cl3N3O+. The van der Waals surface area contributed by atoms with Crippen molar-refractivity contribution >= 4 is 34.8 Å². The van der Waals surface area contributed by atoms with Gasteiger partial charge in [0.15, 0.2) is 6.54 Å². The van der Waals surface area contributed by atoms with Crippen LogP contribution < -0.4 is 5.32 Å². The summed E-state index contributed by atoms with van der Waals surface area (Å²) in [5.41, 5.74) is 1.85. The standard InChI is InChI=1S/C17H14Cl3N3O/c1-10(14-7-6-13(19)8-15(14)20)21-9-16-22-23-17(24-16)11-2-4-12(18)5-3-11/h2-8,10,21H,9H2,1H3/p+1/t10-/m1/s1. The number of aromatic nitrogens is 2. The van der Waals surface area contributed by atoms with Crippen LogP contribution in [0.3, 0.4) is 0 Å². The van der Waals surface area contributed by atoms with Crippen molar-refractivity contribution in [1.82, 2.24) is 10.2 Å². The molecule has 3 aromatic rings. The van der Waals surface area contributed by atoms with Gasteiger partial charge in [0, 0.05) is 21.2 Å². The van der Waals surface area contributed by atoms with Crippen LogP contribution in [0.2, 0.25) is 15.1 Å². The first-order valence-corrected chi connectivity index (χ1v) is 8.53. The molecular weight excluding hydrogens is 369 g/mol. The van der Waals surface area contributed by atoms with Crippen molar-refractivity contribution in [1.29, 1.82) is 0 Å². The summed E-state index contributed by atoms with van der Waals surface area (Å²) in [6.45, 7) is 2.62. The molecule has 124 valence electrons. The predicted octanol–water partition coefficient (Wildman–Crippen LogP) is 4.52. The summed E-state index contributed by atoms with van der Waals surface area (Å²) in [6, 6.07) is 12.9. The van der Waals surface area contributed by atoms with Gasteiger partial charge in [-0.25, -0.2) is 0 Å². The Morgan fingerprint density at radius 3 is 2.42 bits per heavy atom. The molecule has 0 radical (unpaired) electrons. The van der Waals surface area contributed by atoms with Crippen LogP contribution in [0.1, 0.15) is 24.4 Å². The van der Waals surface area contributed by atoms with Gasteiger partial charge in [-0.3, -0.25) is 0 Å². The molecule has 1 heterocycles. The van der Waals surface area contributed by atoms with E-state index in [1.54, 1.807) is 18.2 Å². The van der Waals surface area contributed by atoms with Crippen molar-refractivity contribution in [3.8, 4) is 11.5 Å². The smallest absolute Gasteiger partial charge is 0.271 e. The van der Waals surface area contributed by atoms with Crippen LogP contribution in [-0.2, 0) is 6.54 Å². The first-order chi connectivity index (χ1) is 11.5. The molecule has 0 amide bonds. The van der Waals surface area contributed by atoms with Crippen LogP contribution in [0.4, 0.5) is 0 Å². The van der Waals surface area contributed by atoms with Crippen LogP contribution >= 0.6 is 34.8 Å². The minimum Gasteiger partial charge on any atom is -0.415 e. The van der Waals surface area contributed by atoms with E-state index in [-0.39, 0.29) is 6.04 Å². The number of hydrogen-bond acceptors (Lipinski definition) is 3. The van der Waals surface area contributed by atoms with Gasteiger partial charge < -0.3 is 9.73 Å². The van der Waals surface area contributed by atoms with Crippen molar-refractivity contribution in [2.24, 2.45) is 0 Å². The summed E-state index contributed by atoms with van der Waals surface area (Å²) in [6.07, 6.45) is 0. The highest BCUT2D eigenvalue weighted by Gasteiger charge is 2.15. The van der Waals surface area contributed by atoms with E-state index in [4.69, 9.17) is 39.2 Å². The Bertz CT molecular complexity index is 833. The zero-order valence-electron chi connectivity index (χ0n) is 12.8. The van der Waals surface area contributed by atoms with E-state index in [0.29, 0.717) is 33.4 Å². The first kappa shape index (κ1) is 17.2. The summed E-state index contributed by atoms with van der Waals surface area (Å²) in [7, 11) is 0. The number of nitrogens with two attached hydrogens (primary N) is 1. The number of quaternary nitrogens is 1. The highest BCUT2D eigenvalue weighted by atomic mass is 35.5. The van der Waals surface area contributed by atoms with Crippen LogP contribution in [0.25, 0.3) is 11.5 Å². The van der Waals surface area contributed by atoms with Gasteiger partial charge in [-0.2, -0.15) is 0 Å². The maximum Gasteiger partial charge on any atom is 0.271 e. The highest BCUT2D eigenvalue weighted by Crippen LogP contribution is 2.24. The highest BCUT2D eigenvalue weighted by molar-refractivity contribution is 6.35. The van der Waals surface area contributed by atoms with Crippen LogP contribution in [0.5, 0.6) is 0 Å². The molecule has 7 heteroatoms. The van der Waals surface area contributed by atoms with E-state index in [2.05, 4.69) is 22.4 Å². The predicted molar refractivity (Wildman–Crippen MR) is 95.3 cm³/mol. The molecule has 0 spiro atoms. The van der Waals surface area contributed by atoms with Gasteiger partial charge in [-0.05, 0) is 43.3 Å². The number of hydrogen-bond donors (Lipinski definition) is 1. The number of halogens is 3. The maximum atomic E-state index is 6.24. The molecule has 0 saturated heterocycles. The van der Waals surface area contributed by atoms with Gasteiger partial charge in [0.05, 0.1) is 5.02 Å². The summed E-state index contributed by atoms with van der Waals surface area (Å²) >= 11 is 18.0. The van der Waals surface area contributed by atoms with Crippen molar-refractivity contribution in [3.63, 3.8) is 0 Å². The lowest BCUT2D eigenvalue weighted by molar-refractivity contribution is -0.709. The molecule has 0 aliphatic heterocycles. The molecule has 4 nitrogen and oxygen atoms in total. The van der Waals surface area contributed by atoms with Crippen molar-refractivity contribution < 1.29 is 9.73 Å². The molecule has 0 unspecified atom stereocenters. The van der Waals surface area contributed by atoms with Crippen molar-refractivity contribution in [2.45, 2.75) is 19.5 Å². The van der Waals surface area contributed by atoms with Gasteiger partial charge in [-0.1, -0.05) is 40.9 Å². The Labute approximate surface area is 154 Å². The largest absolute Gasteiger partial charge is 0.415 e. The van der Waals surface area contributed by atoms with E-state index in [0.717, 1.165) is 11.1 Å². The van der Waals surface area contributed by atoms with Crippen molar-refractivity contribution in [2.75, 3.05) is 0 Å². The van der Waals surface area contributed by atoms with Crippen LogP contribution in [-0.4, -0.2) is 10.2 Å². The minimum atomic E-state index is 0.139. The fourth-order valence-electron chi connectivity index (χ4n) is 2.32. The lowest BCUT2D eigenvalue weighted by Gasteiger charge is -2.11. The van der Waals surface area contributed by atoms with Crippen molar-refractivity contribution in [3.05, 3.63) is 69.0 Å². The molecule has 0 bridgehead atoms. The Kier molecular flexibility index (Phi) is 5.41. The molecule has 0 aliphatic carbocycles. The number of benzene rings is 2. The lowest BCUT2D eigenvalue weighted by Crippen LogP contribution is -2.83. The fraction of sp³-hybridized carbons (Fsp3) is 0.176. The number of nitrogens with zero attached hydrogens (tertiary/aromatic N) is 2. The average molecular weight is 384 g/mol. The van der Waals surface area contributed by atoms with E-state index in [9.17, 15) is 0 Å². The molecule has 1 aromatic heterocycles. The molecule has 0 saturated carbocycles. The molecule has 24 heavy (non-hydrogen) atoms. The topological polar surface area (TPSA) is 55.5 Å². The summed E-state index contributed by atoms with van der Waals surface area (Å²) in [5.74, 6) is 1.03. The first-order valence-electron chi connectivity index (χ1n) is 7.39. The Morgan fingerprint density at radius 2 is 1.71 bits per heavy atom.